The second-order valence-electron chi connectivity index (χ2n) is 3.61. The van der Waals surface area contributed by atoms with Crippen LogP contribution in [-0.4, -0.2) is 12.7 Å². The molecule has 0 amide bonds. The topological polar surface area (TPSA) is 9.23 Å². The largest absolute Gasteiger partial charge is 0.377 e. The van der Waals surface area contributed by atoms with Gasteiger partial charge in [-0.3, -0.25) is 0 Å². The molecule has 0 bridgehead atoms. The standard InChI is InChI=1S/C11H15BrOS/c1-2-8-5-6-10(14-8)11(12)9-4-3-7-13-9/h5-6,9,11H,2-4,7H2,1H3. The Morgan fingerprint density at radius 2 is 2.50 bits per heavy atom. The smallest absolute Gasteiger partial charge is 0.0750 e. The quantitative estimate of drug-likeness (QED) is 0.759. The maximum absolute atomic E-state index is 5.67. The van der Waals surface area contributed by atoms with Crippen molar-refractivity contribution < 1.29 is 4.74 Å². The summed E-state index contributed by atoms with van der Waals surface area (Å²) < 4.78 is 5.67. The van der Waals surface area contributed by atoms with Crippen LogP contribution in [0.4, 0.5) is 0 Å². The van der Waals surface area contributed by atoms with Crippen molar-refractivity contribution in [2.45, 2.75) is 37.1 Å². The van der Waals surface area contributed by atoms with Gasteiger partial charge in [0.2, 0.25) is 0 Å². The lowest BCUT2D eigenvalue weighted by Crippen LogP contribution is -2.10. The molecule has 2 atom stereocenters. The first-order chi connectivity index (χ1) is 6.81. The van der Waals surface area contributed by atoms with E-state index in [0.717, 1.165) is 13.0 Å². The number of ether oxygens (including phenoxy) is 1. The minimum absolute atomic E-state index is 0.387. The normalized spacial score (nSPS) is 24.0. The lowest BCUT2D eigenvalue weighted by molar-refractivity contribution is 0.111. The van der Waals surface area contributed by atoms with Gasteiger partial charge in [0.1, 0.15) is 0 Å². The minimum atomic E-state index is 0.387. The van der Waals surface area contributed by atoms with Crippen LogP contribution < -0.4 is 0 Å². The molecule has 1 saturated heterocycles. The van der Waals surface area contributed by atoms with Crippen molar-refractivity contribution in [3.63, 3.8) is 0 Å². The van der Waals surface area contributed by atoms with Crippen molar-refractivity contribution in [2.24, 2.45) is 0 Å². The van der Waals surface area contributed by atoms with E-state index in [1.165, 1.54) is 22.6 Å². The first kappa shape index (κ1) is 10.7. The van der Waals surface area contributed by atoms with E-state index in [1.54, 1.807) is 0 Å². The molecule has 1 nitrogen and oxygen atoms in total. The van der Waals surface area contributed by atoms with Crippen LogP contribution in [0.2, 0.25) is 0 Å². The van der Waals surface area contributed by atoms with E-state index in [-0.39, 0.29) is 0 Å². The Hall–Kier alpha value is 0.140. The summed E-state index contributed by atoms with van der Waals surface area (Å²) in [5.41, 5.74) is 0. The van der Waals surface area contributed by atoms with E-state index in [0.29, 0.717) is 10.9 Å². The summed E-state index contributed by atoms with van der Waals surface area (Å²) in [5.74, 6) is 0. The third kappa shape index (κ3) is 2.20. The molecule has 0 radical (unpaired) electrons. The molecule has 0 aromatic carbocycles. The third-order valence-electron chi connectivity index (χ3n) is 2.59. The van der Waals surface area contributed by atoms with Crippen LogP contribution in [0, 0.1) is 0 Å². The van der Waals surface area contributed by atoms with Gasteiger partial charge in [-0.15, -0.1) is 11.3 Å². The highest BCUT2D eigenvalue weighted by molar-refractivity contribution is 9.09. The summed E-state index contributed by atoms with van der Waals surface area (Å²) in [7, 11) is 0. The fourth-order valence-corrected chi connectivity index (χ4v) is 3.58. The number of aryl methyl sites for hydroxylation is 1. The molecule has 78 valence electrons. The van der Waals surface area contributed by atoms with Crippen LogP contribution in [0.5, 0.6) is 0 Å². The average molecular weight is 275 g/mol. The van der Waals surface area contributed by atoms with E-state index < -0.39 is 0 Å². The van der Waals surface area contributed by atoms with Gasteiger partial charge in [0.05, 0.1) is 10.9 Å². The molecule has 1 aliphatic rings. The molecule has 14 heavy (non-hydrogen) atoms. The highest BCUT2D eigenvalue weighted by Gasteiger charge is 2.25. The van der Waals surface area contributed by atoms with Crippen LogP contribution >= 0.6 is 27.3 Å². The van der Waals surface area contributed by atoms with Crippen molar-refractivity contribution in [3.8, 4) is 0 Å². The molecular formula is C11H15BrOS. The fourth-order valence-electron chi connectivity index (χ4n) is 1.75. The number of thiophene rings is 1. The summed E-state index contributed by atoms with van der Waals surface area (Å²) in [6.07, 6.45) is 3.92. The van der Waals surface area contributed by atoms with Crippen molar-refractivity contribution in [1.82, 2.24) is 0 Å². The SMILES string of the molecule is CCc1ccc(C(Br)C2CCCO2)s1. The first-order valence-corrected chi connectivity index (χ1v) is 6.88. The van der Waals surface area contributed by atoms with Crippen LogP contribution in [0.15, 0.2) is 12.1 Å². The summed E-state index contributed by atoms with van der Waals surface area (Å²) in [5, 5.41) is 0. The molecule has 1 fully saturated rings. The third-order valence-corrected chi connectivity index (χ3v) is 5.29. The van der Waals surface area contributed by atoms with Crippen LogP contribution in [0.25, 0.3) is 0 Å². The molecule has 0 aliphatic carbocycles. The van der Waals surface area contributed by atoms with Gasteiger partial charge in [-0.05, 0) is 31.4 Å². The average Bonchev–Trinajstić information content (AvgIpc) is 2.88. The predicted octanol–water partition coefficient (Wildman–Crippen LogP) is 3.93. The minimum Gasteiger partial charge on any atom is -0.377 e. The Bertz CT molecular complexity index is 291. The van der Waals surface area contributed by atoms with Crippen LogP contribution in [0.3, 0.4) is 0 Å². The van der Waals surface area contributed by atoms with Crippen molar-refractivity contribution in [3.05, 3.63) is 21.9 Å². The molecule has 3 heteroatoms. The number of hydrogen-bond donors (Lipinski definition) is 0. The van der Waals surface area contributed by atoms with Gasteiger partial charge in [-0.1, -0.05) is 22.9 Å². The number of halogens is 1. The maximum atomic E-state index is 5.67. The Morgan fingerprint density at radius 3 is 3.07 bits per heavy atom. The summed E-state index contributed by atoms with van der Waals surface area (Å²) in [6, 6.07) is 4.45. The molecule has 0 spiro atoms. The van der Waals surface area contributed by atoms with Crippen molar-refractivity contribution in [1.29, 1.82) is 0 Å². The van der Waals surface area contributed by atoms with E-state index in [9.17, 15) is 0 Å². The summed E-state index contributed by atoms with van der Waals surface area (Å²) in [6.45, 7) is 3.13. The summed E-state index contributed by atoms with van der Waals surface area (Å²) in [4.78, 5) is 3.27. The van der Waals surface area contributed by atoms with Gasteiger partial charge in [0, 0.05) is 16.4 Å². The van der Waals surface area contributed by atoms with Gasteiger partial charge in [-0.2, -0.15) is 0 Å². The zero-order valence-electron chi connectivity index (χ0n) is 8.33. The van der Waals surface area contributed by atoms with Gasteiger partial charge in [-0.25, -0.2) is 0 Å². The van der Waals surface area contributed by atoms with Crippen molar-refractivity contribution in [2.75, 3.05) is 6.61 Å². The predicted molar refractivity (Wildman–Crippen MR) is 64.3 cm³/mol. The van der Waals surface area contributed by atoms with Gasteiger partial charge < -0.3 is 4.74 Å². The van der Waals surface area contributed by atoms with E-state index >= 15 is 0 Å². The fraction of sp³-hybridized carbons (Fsp3) is 0.636. The van der Waals surface area contributed by atoms with E-state index in [1.807, 2.05) is 11.3 Å². The second kappa shape index (κ2) is 4.77. The highest BCUT2D eigenvalue weighted by atomic mass is 79.9. The molecule has 1 aromatic rings. The number of rotatable bonds is 3. The molecule has 1 aromatic heterocycles. The molecule has 0 saturated carbocycles. The number of alkyl halides is 1. The lowest BCUT2D eigenvalue weighted by Gasteiger charge is -2.14. The molecule has 2 rings (SSSR count). The van der Waals surface area contributed by atoms with Crippen LogP contribution in [0.1, 0.15) is 34.3 Å². The molecule has 0 N–H and O–H groups in total. The zero-order valence-corrected chi connectivity index (χ0v) is 10.7. The Balaban J connectivity index is 2.05. The highest BCUT2D eigenvalue weighted by Crippen LogP contribution is 2.37. The summed E-state index contributed by atoms with van der Waals surface area (Å²) >= 11 is 5.64. The maximum Gasteiger partial charge on any atom is 0.0750 e. The Kier molecular flexibility index (Phi) is 3.63. The molecule has 2 unspecified atom stereocenters. The Labute approximate surface area is 97.6 Å². The second-order valence-corrected chi connectivity index (χ2v) is 5.80. The van der Waals surface area contributed by atoms with E-state index in [2.05, 4.69) is 35.0 Å². The molecular weight excluding hydrogens is 260 g/mol. The van der Waals surface area contributed by atoms with E-state index in [4.69, 9.17) is 4.74 Å². The Morgan fingerprint density at radius 1 is 1.64 bits per heavy atom. The monoisotopic (exact) mass is 274 g/mol. The number of hydrogen-bond acceptors (Lipinski definition) is 2. The van der Waals surface area contributed by atoms with Gasteiger partial charge in [0.25, 0.3) is 0 Å². The van der Waals surface area contributed by atoms with Crippen LogP contribution in [-0.2, 0) is 11.2 Å². The first-order valence-electron chi connectivity index (χ1n) is 5.15. The zero-order chi connectivity index (χ0) is 9.97. The van der Waals surface area contributed by atoms with Gasteiger partial charge in [0.15, 0.2) is 0 Å². The van der Waals surface area contributed by atoms with Gasteiger partial charge >= 0.3 is 0 Å². The lowest BCUT2D eigenvalue weighted by atomic mass is 10.1. The molecule has 1 aliphatic heterocycles. The molecule has 2 heterocycles. The van der Waals surface area contributed by atoms with Crippen molar-refractivity contribution >= 4 is 27.3 Å².